The van der Waals surface area contributed by atoms with Crippen molar-refractivity contribution in [2.75, 3.05) is 0 Å². The topological polar surface area (TPSA) is 50.7 Å². The number of nitrogens with one attached hydrogen (secondary N) is 1. The SMILES string of the molecule is Cc1cccc([C@]2(C)C=CSC(NC(=O)OC(C)(C)C)=N2)c1F. The van der Waals surface area contributed by atoms with E-state index in [1.54, 1.807) is 58.2 Å². The molecule has 1 aromatic carbocycles. The summed E-state index contributed by atoms with van der Waals surface area (Å²) < 4.78 is 19.6. The number of hydrogen-bond donors (Lipinski definition) is 1. The van der Waals surface area contributed by atoms with Gasteiger partial charge in [-0.1, -0.05) is 30.0 Å². The van der Waals surface area contributed by atoms with Crippen LogP contribution in [0, 0.1) is 12.7 Å². The Balaban J connectivity index is 2.25. The van der Waals surface area contributed by atoms with Crippen molar-refractivity contribution in [3.05, 3.63) is 46.6 Å². The largest absolute Gasteiger partial charge is 0.444 e. The average Bonchev–Trinajstić information content (AvgIpc) is 2.39. The lowest BCUT2D eigenvalue weighted by atomic mass is 9.91. The summed E-state index contributed by atoms with van der Waals surface area (Å²) in [6, 6.07) is 5.22. The molecule has 0 spiro atoms. The molecule has 2 rings (SSSR count). The van der Waals surface area contributed by atoms with Crippen LogP contribution in [0.4, 0.5) is 9.18 Å². The average molecular weight is 336 g/mol. The highest BCUT2D eigenvalue weighted by Gasteiger charge is 2.30. The number of aliphatic imine (C=N–C) groups is 1. The number of hydrogen-bond acceptors (Lipinski definition) is 4. The molecule has 0 fully saturated rings. The van der Waals surface area contributed by atoms with Crippen molar-refractivity contribution in [1.29, 1.82) is 0 Å². The van der Waals surface area contributed by atoms with Gasteiger partial charge in [0.1, 0.15) is 17.0 Å². The molecule has 1 aliphatic heterocycles. The number of ether oxygens (including phenoxy) is 1. The van der Waals surface area contributed by atoms with Crippen molar-refractivity contribution in [3.8, 4) is 0 Å². The molecule has 4 nitrogen and oxygen atoms in total. The van der Waals surface area contributed by atoms with Gasteiger partial charge in [-0.2, -0.15) is 0 Å². The maximum absolute atomic E-state index is 14.4. The standard InChI is InChI=1S/C17H21FN2O2S/c1-11-7-6-8-12(13(11)18)17(5)9-10-23-14(20-17)19-15(21)22-16(2,3)4/h6-10H,1-5H3,(H,19,20,21)/t17-/m0/s1. The van der Waals surface area contributed by atoms with Crippen molar-refractivity contribution < 1.29 is 13.9 Å². The van der Waals surface area contributed by atoms with Crippen LogP contribution in [0.5, 0.6) is 0 Å². The zero-order valence-corrected chi connectivity index (χ0v) is 14.8. The number of carbonyl (C=O) groups is 1. The highest BCUT2D eigenvalue weighted by atomic mass is 32.2. The van der Waals surface area contributed by atoms with Crippen LogP contribution >= 0.6 is 11.8 Å². The van der Waals surface area contributed by atoms with Gasteiger partial charge in [-0.25, -0.2) is 14.2 Å². The van der Waals surface area contributed by atoms with Gasteiger partial charge in [0.05, 0.1) is 0 Å². The molecule has 1 N–H and O–H groups in total. The van der Waals surface area contributed by atoms with Crippen LogP contribution in [0.15, 0.2) is 34.7 Å². The molecular formula is C17H21FN2O2S. The number of benzene rings is 1. The van der Waals surface area contributed by atoms with Gasteiger partial charge in [0, 0.05) is 5.56 Å². The van der Waals surface area contributed by atoms with Gasteiger partial charge in [-0.15, -0.1) is 0 Å². The number of thioether (sulfide) groups is 1. The number of nitrogens with zero attached hydrogens (tertiary/aromatic N) is 1. The number of carbonyl (C=O) groups excluding carboxylic acids is 1. The van der Waals surface area contributed by atoms with E-state index in [4.69, 9.17) is 4.74 Å². The molecule has 0 radical (unpaired) electrons. The van der Waals surface area contributed by atoms with Crippen molar-refractivity contribution in [1.82, 2.24) is 5.32 Å². The van der Waals surface area contributed by atoms with E-state index in [2.05, 4.69) is 10.3 Å². The van der Waals surface area contributed by atoms with E-state index < -0.39 is 17.2 Å². The zero-order chi connectivity index (χ0) is 17.3. The second kappa shape index (κ2) is 6.35. The maximum Gasteiger partial charge on any atom is 0.413 e. The lowest BCUT2D eigenvalue weighted by Crippen LogP contribution is -2.37. The van der Waals surface area contributed by atoms with Gasteiger partial charge in [-0.05, 0) is 51.7 Å². The first-order valence-corrected chi connectivity index (χ1v) is 8.18. The van der Waals surface area contributed by atoms with Crippen LogP contribution in [-0.4, -0.2) is 16.9 Å². The minimum atomic E-state index is -0.869. The molecule has 6 heteroatoms. The molecular weight excluding hydrogens is 315 g/mol. The predicted molar refractivity (Wildman–Crippen MR) is 92.0 cm³/mol. The van der Waals surface area contributed by atoms with Crippen molar-refractivity contribution in [2.24, 2.45) is 4.99 Å². The van der Waals surface area contributed by atoms with Crippen LogP contribution < -0.4 is 5.32 Å². The molecule has 1 atom stereocenters. The summed E-state index contributed by atoms with van der Waals surface area (Å²) in [7, 11) is 0. The van der Waals surface area contributed by atoms with Crippen molar-refractivity contribution in [2.45, 2.75) is 45.8 Å². The van der Waals surface area contributed by atoms with Crippen LogP contribution in [0.2, 0.25) is 0 Å². The summed E-state index contributed by atoms with van der Waals surface area (Å²) in [4.78, 5) is 16.4. The molecule has 124 valence electrons. The monoisotopic (exact) mass is 336 g/mol. The van der Waals surface area contributed by atoms with Gasteiger partial charge >= 0.3 is 6.09 Å². The highest BCUT2D eigenvalue weighted by molar-refractivity contribution is 8.16. The first kappa shape index (κ1) is 17.5. The summed E-state index contributed by atoms with van der Waals surface area (Å²) in [6.45, 7) is 8.88. The number of aryl methyl sites for hydroxylation is 1. The summed E-state index contributed by atoms with van der Waals surface area (Å²) in [5.41, 5.74) is -0.429. The van der Waals surface area contributed by atoms with E-state index in [1.807, 2.05) is 6.08 Å². The maximum atomic E-state index is 14.4. The highest BCUT2D eigenvalue weighted by Crippen LogP contribution is 2.35. The lowest BCUT2D eigenvalue weighted by Gasteiger charge is -2.27. The first-order chi connectivity index (χ1) is 10.6. The van der Waals surface area contributed by atoms with E-state index in [9.17, 15) is 9.18 Å². The Morgan fingerprint density at radius 3 is 2.74 bits per heavy atom. The Bertz CT molecular complexity index is 680. The first-order valence-electron chi connectivity index (χ1n) is 7.30. The number of amides is 1. The third-order valence-corrected chi connectivity index (χ3v) is 3.94. The Morgan fingerprint density at radius 1 is 1.39 bits per heavy atom. The third-order valence-electron chi connectivity index (χ3n) is 3.25. The van der Waals surface area contributed by atoms with Crippen LogP contribution in [0.1, 0.15) is 38.8 Å². The molecule has 1 aliphatic rings. The Hall–Kier alpha value is -1.82. The molecule has 0 saturated carbocycles. The lowest BCUT2D eigenvalue weighted by molar-refractivity contribution is 0.0564. The Morgan fingerprint density at radius 2 is 2.09 bits per heavy atom. The Labute approximate surface area is 140 Å². The number of rotatable bonds is 1. The van der Waals surface area contributed by atoms with Crippen LogP contribution in [0.25, 0.3) is 0 Å². The van der Waals surface area contributed by atoms with Crippen LogP contribution in [0.3, 0.4) is 0 Å². The summed E-state index contributed by atoms with van der Waals surface area (Å²) >= 11 is 1.26. The molecule has 23 heavy (non-hydrogen) atoms. The molecule has 1 heterocycles. The fraction of sp³-hybridized carbons (Fsp3) is 0.412. The number of alkyl carbamates (subject to hydrolysis) is 1. The van der Waals surface area contributed by atoms with Gasteiger partial charge in [-0.3, -0.25) is 5.32 Å². The van der Waals surface area contributed by atoms with Gasteiger partial charge in [0.25, 0.3) is 0 Å². The van der Waals surface area contributed by atoms with E-state index in [1.165, 1.54) is 11.8 Å². The van der Waals surface area contributed by atoms with E-state index in [-0.39, 0.29) is 5.82 Å². The van der Waals surface area contributed by atoms with Gasteiger partial charge in [0.2, 0.25) is 0 Å². The van der Waals surface area contributed by atoms with E-state index in [0.29, 0.717) is 16.3 Å². The number of amidine groups is 1. The normalized spacial score (nSPS) is 20.9. The molecule has 0 saturated heterocycles. The molecule has 0 bridgehead atoms. The van der Waals surface area contributed by atoms with E-state index >= 15 is 0 Å². The summed E-state index contributed by atoms with van der Waals surface area (Å²) in [5.74, 6) is -0.285. The minimum absolute atomic E-state index is 0.285. The second-order valence-corrected chi connectivity index (χ2v) is 7.44. The molecule has 1 aromatic rings. The fourth-order valence-corrected chi connectivity index (χ4v) is 2.99. The molecule has 0 aliphatic carbocycles. The molecule has 0 unspecified atom stereocenters. The predicted octanol–water partition coefficient (Wildman–Crippen LogP) is 4.49. The summed E-state index contributed by atoms with van der Waals surface area (Å²) in [6.07, 6.45) is 1.24. The van der Waals surface area contributed by atoms with Crippen molar-refractivity contribution in [3.63, 3.8) is 0 Å². The summed E-state index contributed by atoms with van der Waals surface area (Å²) in [5, 5.41) is 4.79. The molecule has 1 amide bonds. The minimum Gasteiger partial charge on any atom is -0.444 e. The van der Waals surface area contributed by atoms with Gasteiger partial charge < -0.3 is 4.74 Å². The van der Waals surface area contributed by atoms with Crippen LogP contribution in [-0.2, 0) is 10.3 Å². The molecule has 0 aromatic heterocycles. The van der Waals surface area contributed by atoms with Gasteiger partial charge in [0.15, 0.2) is 5.17 Å². The quantitative estimate of drug-likeness (QED) is 0.822. The number of halogens is 1. The Kier molecular flexibility index (Phi) is 4.84. The fourth-order valence-electron chi connectivity index (χ4n) is 2.14. The third kappa shape index (κ3) is 4.34. The zero-order valence-electron chi connectivity index (χ0n) is 13.9. The van der Waals surface area contributed by atoms with Crippen molar-refractivity contribution >= 4 is 23.0 Å². The second-order valence-electron chi connectivity index (χ2n) is 6.55. The van der Waals surface area contributed by atoms with E-state index in [0.717, 1.165) is 0 Å². The smallest absolute Gasteiger partial charge is 0.413 e.